The van der Waals surface area contributed by atoms with Crippen molar-refractivity contribution in [1.82, 2.24) is 0 Å². The largest absolute Gasteiger partial charge is 0.465 e. The summed E-state index contributed by atoms with van der Waals surface area (Å²) in [6, 6.07) is 8.34. The van der Waals surface area contributed by atoms with Crippen LogP contribution in [0, 0.1) is 18.3 Å². The number of benzene rings is 1. The number of nitrogens with zero attached hydrogens (tertiary/aromatic N) is 1. The Labute approximate surface area is 136 Å². The molecule has 0 unspecified atom stereocenters. The minimum atomic E-state index is -0.536. The van der Waals surface area contributed by atoms with Crippen LogP contribution < -0.4 is 5.32 Å². The van der Waals surface area contributed by atoms with Crippen molar-refractivity contribution in [2.45, 2.75) is 6.92 Å². The van der Waals surface area contributed by atoms with Crippen LogP contribution in [0.1, 0.15) is 31.2 Å². The molecule has 5 nitrogen and oxygen atoms in total. The van der Waals surface area contributed by atoms with Gasteiger partial charge >= 0.3 is 5.97 Å². The van der Waals surface area contributed by atoms with Gasteiger partial charge < -0.3 is 10.1 Å². The van der Waals surface area contributed by atoms with Gasteiger partial charge in [-0.1, -0.05) is 11.6 Å². The molecule has 1 heterocycles. The number of amides is 1. The van der Waals surface area contributed by atoms with Gasteiger partial charge in [-0.2, -0.15) is 5.26 Å². The Morgan fingerprint density at radius 3 is 2.50 bits per heavy atom. The summed E-state index contributed by atoms with van der Waals surface area (Å²) in [6.07, 6.45) is 0. The SMILES string of the molecule is COC(=O)c1sc(NC(=O)c2ccc(Cl)cc2)c(C#N)c1C. The molecule has 22 heavy (non-hydrogen) atoms. The van der Waals surface area contributed by atoms with Gasteiger partial charge in [0, 0.05) is 10.6 Å². The molecular weight excluding hydrogens is 324 g/mol. The summed E-state index contributed by atoms with van der Waals surface area (Å²) in [4.78, 5) is 24.1. The summed E-state index contributed by atoms with van der Waals surface area (Å²) >= 11 is 6.79. The number of ether oxygens (including phenoxy) is 1. The number of carbonyl (C=O) groups excluding carboxylic acids is 2. The number of nitrogens with one attached hydrogen (secondary N) is 1. The number of rotatable bonds is 3. The molecule has 2 aromatic rings. The van der Waals surface area contributed by atoms with E-state index in [-0.39, 0.29) is 11.5 Å². The fourth-order valence-corrected chi connectivity index (χ4v) is 3.00. The molecule has 1 amide bonds. The number of thiophene rings is 1. The number of hydrogen-bond donors (Lipinski definition) is 1. The molecule has 0 spiro atoms. The van der Waals surface area contributed by atoms with Crippen LogP contribution >= 0.6 is 22.9 Å². The van der Waals surface area contributed by atoms with Gasteiger partial charge in [-0.25, -0.2) is 4.79 Å². The molecule has 112 valence electrons. The van der Waals surface area contributed by atoms with E-state index >= 15 is 0 Å². The lowest BCUT2D eigenvalue weighted by Gasteiger charge is -2.03. The van der Waals surface area contributed by atoms with E-state index in [0.717, 1.165) is 11.3 Å². The summed E-state index contributed by atoms with van der Waals surface area (Å²) in [7, 11) is 1.26. The highest BCUT2D eigenvalue weighted by atomic mass is 35.5. The van der Waals surface area contributed by atoms with E-state index in [1.54, 1.807) is 31.2 Å². The van der Waals surface area contributed by atoms with Crippen molar-refractivity contribution >= 4 is 39.8 Å². The minimum Gasteiger partial charge on any atom is -0.465 e. The van der Waals surface area contributed by atoms with Gasteiger partial charge in [0.15, 0.2) is 0 Å². The first-order valence-electron chi connectivity index (χ1n) is 6.16. The van der Waals surface area contributed by atoms with E-state index in [1.807, 2.05) is 6.07 Å². The molecule has 1 aromatic heterocycles. The maximum absolute atomic E-state index is 12.2. The lowest BCUT2D eigenvalue weighted by atomic mass is 10.1. The normalized spacial score (nSPS) is 9.91. The predicted molar refractivity (Wildman–Crippen MR) is 84.5 cm³/mol. The number of methoxy groups -OCH3 is 1. The lowest BCUT2D eigenvalue weighted by Crippen LogP contribution is -2.11. The molecule has 1 N–H and O–H groups in total. The average molecular weight is 335 g/mol. The third-order valence-corrected chi connectivity index (χ3v) is 4.40. The van der Waals surface area contributed by atoms with Crippen LogP contribution in [0.5, 0.6) is 0 Å². The van der Waals surface area contributed by atoms with Crippen molar-refractivity contribution in [2.75, 3.05) is 12.4 Å². The van der Waals surface area contributed by atoms with E-state index in [9.17, 15) is 14.9 Å². The zero-order chi connectivity index (χ0) is 16.3. The Bertz CT molecular complexity index is 775. The van der Waals surface area contributed by atoms with E-state index in [2.05, 4.69) is 10.1 Å². The van der Waals surface area contributed by atoms with Gasteiger partial charge in [-0.05, 0) is 36.8 Å². The van der Waals surface area contributed by atoms with Gasteiger partial charge in [0.05, 0.1) is 12.7 Å². The maximum Gasteiger partial charge on any atom is 0.348 e. The third-order valence-electron chi connectivity index (χ3n) is 2.96. The van der Waals surface area contributed by atoms with Crippen LogP contribution in [0.4, 0.5) is 5.00 Å². The maximum atomic E-state index is 12.2. The van der Waals surface area contributed by atoms with Gasteiger partial charge in [0.2, 0.25) is 0 Å². The Morgan fingerprint density at radius 2 is 1.95 bits per heavy atom. The van der Waals surface area contributed by atoms with E-state index in [0.29, 0.717) is 26.0 Å². The highest BCUT2D eigenvalue weighted by Gasteiger charge is 2.22. The van der Waals surface area contributed by atoms with Crippen molar-refractivity contribution in [1.29, 1.82) is 5.26 Å². The van der Waals surface area contributed by atoms with Crippen LogP contribution in [0.15, 0.2) is 24.3 Å². The van der Waals surface area contributed by atoms with Crippen molar-refractivity contribution in [2.24, 2.45) is 0 Å². The zero-order valence-electron chi connectivity index (χ0n) is 11.8. The third kappa shape index (κ3) is 3.11. The van der Waals surface area contributed by atoms with Gasteiger partial charge in [0.25, 0.3) is 5.91 Å². The first kappa shape index (κ1) is 16.0. The summed E-state index contributed by atoms with van der Waals surface area (Å²) in [5.74, 6) is -0.920. The fourth-order valence-electron chi connectivity index (χ4n) is 1.80. The first-order chi connectivity index (χ1) is 10.5. The van der Waals surface area contributed by atoms with Crippen molar-refractivity contribution in [3.05, 3.63) is 50.9 Å². The second kappa shape index (κ2) is 6.60. The highest BCUT2D eigenvalue weighted by Crippen LogP contribution is 2.33. The molecule has 0 aliphatic rings. The van der Waals surface area contributed by atoms with Gasteiger partial charge in [-0.3, -0.25) is 4.79 Å². The Kier molecular flexibility index (Phi) is 4.81. The fraction of sp³-hybridized carbons (Fsp3) is 0.133. The van der Waals surface area contributed by atoms with Crippen LogP contribution in [0.3, 0.4) is 0 Å². The summed E-state index contributed by atoms with van der Waals surface area (Å²) in [5.41, 5.74) is 1.15. The molecule has 0 saturated carbocycles. The molecule has 2 rings (SSSR count). The Morgan fingerprint density at radius 1 is 1.32 bits per heavy atom. The van der Waals surface area contributed by atoms with Gasteiger partial charge in [-0.15, -0.1) is 11.3 Å². The van der Waals surface area contributed by atoms with Crippen LogP contribution in [0.2, 0.25) is 5.02 Å². The monoisotopic (exact) mass is 334 g/mol. The molecule has 0 aliphatic carbocycles. The van der Waals surface area contributed by atoms with Crippen LogP contribution in [-0.4, -0.2) is 19.0 Å². The smallest absolute Gasteiger partial charge is 0.348 e. The molecule has 0 radical (unpaired) electrons. The molecule has 0 atom stereocenters. The average Bonchev–Trinajstić information content (AvgIpc) is 2.82. The van der Waals surface area contributed by atoms with Gasteiger partial charge in [0.1, 0.15) is 15.9 Å². The predicted octanol–water partition coefficient (Wildman–Crippen LogP) is 3.62. The topological polar surface area (TPSA) is 79.2 Å². The van der Waals surface area contributed by atoms with Crippen molar-refractivity contribution in [3.63, 3.8) is 0 Å². The lowest BCUT2D eigenvalue weighted by molar-refractivity contribution is 0.0605. The number of nitriles is 1. The summed E-state index contributed by atoms with van der Waals surface area (Å²) < 4.78 is 4.67. The summed E-state index contributed by atoms with van der Waals surface area (Å²) in [6.45, 7) is 1.64. The molecule has 0 saturated heterocycles. The summed E-state index contributed by atoms with van der Waals surface area (Å²) in [5, 5.41) is 12.7. The number of anilines is 1. The quantitative estimate of drug-likeness (QED) is 0.869. The van der Waals surface area contributed by atoms with Crippen molar-refractivity contribution < 1.29 is 14.3 Å². The molecular formula is C15H11ClN2O3S. The molecule has 0 bridgehead atoms. The molecule has 0 aliphatic heterocycles. The number of halogens is 1. The highest BCUT2D eigenvalue weighted by molar-refractivity contribution is 7.18. The van der Waals surface area contributed by atoms with E-state index in [4.69, 9.17) is 11.6 Å². The first-order valence-corrected chi connectivity index (χ1v) is 7.36. The van der Waals surface area contributed by atoms with Crippen LogP contribution in [-0.2, 0) is 4.74 Å². The Hall–Kier alpha value is -2.36. The number of carbonyl (C=O) groups is 2. The molecule has 0 fully saturated rings. The Balaban J connectivity index is 2.33. The number of hydrogen-bond acceptors (Lipinski definition) is 5. The zero-order valence-corrected chi connectivity index (χ0v) is 13.3. The second-order valence-electron chi connectivity index (χ2n) is 4.32. The molecule has 1 aromatic carbocycles. The van der Waals surface area contributed by atoms with Crippen LogP contribution in [0.25, 0.3) is 0 Å². The number of esters is 1. The standard InChI is InChI=1S/C15H11ClN2O3S/c1-8-11(7-17)14(22-12(8)15(20)21-2)18-13(19)9-3-5-10(16)6-4-9/h3-6H,1-2H3,(H,18,19). The second-order valence-corrected chi connectivity index (χ2v) is 5.78. The molecule has 7 heteroatoms. The minimum absolute atomic E-state index is 0.257. The van der Waals surface area contributed by atoms with Crippen molar-refractivity contribution in [3.8, 4) is 6.07 Å². The van der Waals surface area contributed by atoms with E-state index in [1.165, 1.54) is 7.11 Å². The van der Waals surface area contributed by atoms with E-state index < -0.39 is 5.97 Å².